The second-order valence-corrected chi connectivity index (χ2v) is 3.50. The molecular weight excluding hydrogens is 220 g/mol. The first-order chi connectivity index (χ1) is 5.76. The van der Waals surface area contributed by atoms with E-state index >= 15 is 0 Å². The van der Waals surface area contributed by atoms with Crippen molar-refractivity contribution < 1.29 is 9.21 Å². The van der Waals surface area contributed by atoms with E-state index in [1.54, 1.807) is 0 Å². The largest absolute Gasteiger partial charge is 0.454 e. The third-order valence-electron chi connectivity index (χ3n) is 1.81. The molecule has 0 aromatic carbocycles. The topological polar surface area (TPSA) is 30.2 Å². The number of rotatable bonds is 4. The molecule has 0 aliphatic carbocycles. The molecule has 0 N–H and O–H groups in total. The Morgan fingerprint density at radius 3 is 2.83 bits per heavy atom. The van der Waals surface area contributed by atoms with Crippen LogP contribution in [0.2, 0.25) is 0 Å². The van der Waals surface area contributed by atoms with Crippen molar-refractivity contribution in [3.05, 3.63) is 22.6 Å². The first kappa shape index (κ1) is 9.52. The van der Waals surface area contributed by atoms with Gasteiger partial charge in [-0.25, -0.2) is 0 Å². The summed E-state index contributed by atoms with van der Waals surface area (Å²) >= 11 is 3.21. The summed E-state index contributed by atoms with van der Waals surface area (Å²) in [5.41, 5.74) is 0. The lowest BCUT2D eigenvalue weighted by Gasteiger charge is -2.02. The second kappa shape index (κ2) is 4.45. The van der Waals surface area contributed by atoms with Crippen molar-refractivity contribution in [2.45, 2.75) is 19.8 Å². The average Bonchev–Trinajstić information content (AvgIpc) is 2.47. The predicted molar refractivity (Wildman–Crippen MR) is 50.0 cm³/mol. The van der Waals surface area contributed by atoms with Crippen LogP contribution in [-0.2, 0) is 11.2 Å². The van der Waals surface area contributed by atoms with E-state index in [1.807, 2.05) is 19.1 Å². The smallest absolute Gasteiger partial charge is 0.169 e. The predicted octanol–water partition coefficient (Wildman–Crippen LogP) is 2.81. The van der Waals surface area contributed by atoms with Crippen molar-refractivity contribution in [3.8, 4) is 0 Å². The monoisotopic (exact) mass is 230 g/mol. The third kappa shape index (κ3) is 2.48. The molecule has 0 fully saturated rings. The van der Waals surface area contributed by atoms with E-state index < -0.39 is 0 Å². The van der Waals surface area contributed by atoms with Gasteiger partial charge in [-0.1, -0.05) is 6.92 Å². The average molecular weight is 231 g/mol. The van der Waals surface area contributed by atoms with E-state index in [0.29, 0.717) is 6.42 Å². The van der Waals surface area contributed by atoms with Crippen LogP contribution in [0.25, 0.3) is 0 Å². The third-order valence-corrected chi connectivity index (χ3v) is 2.24. The molecule has 0 bridgehead atoms. The Morgan fingerprint density at radius 2 is 2.42 bits per heavy atom. The zero-order valence-electron chi connectivity index (χ0n) is 6.92. The SMILES string of the molecule is CCC(C=O)Cc1ccc(Br)o1. The molecule has 3 heteroatoms. The normalized spacial score (nSPS) is 12.8. The van der Waals surface area contributed by atoms with Crippen LogP contribution in [0, 0.1) is 5.92 Å². The maximum atomic E-state index is 10.5. The highest BCUT2D eigenvalue weighted by molar-refractivity contribution is 9.10. The molecule has 0 saturated heterocycles. The number of carbonyl (C=O) groups excluding carboxylic acids is 1. The number of aldehydes is 1. The summed E-state index contributed by atoms with van der Waals surface area (Å²) in [5, 5.41) is 0. The summed E-state index contributed by atoms with van der Waals surface area (Å²) in [6, 6.07) is 3.73. The van der Waals surface area contributed by atoms with Crippen LogP contribution in [0.1, 0.15) is 19.1 Å². The minimum absolute atomic E-state index is 0.0862. The van der Waals surface area contributed by atoms with Crippen LogP contribution >= 0.6 is 15.9 Å². The van der Waals surface area contributed by atoms with Crippen LogP contribution < -0.4 is 0 Å². The number of hydrogen-bond acceptors (Lipinski definition) is 2. The molecule has 1 atom stereocenters. The van der Waals surface area contributed by atoms with Crippen molar-refractivity contribution in [1.82, 2.24) is 0 Å². The fourth-order valence-electron chi connectivity index (χ4n) is 1.01. The number of hydrogen-bond donors (Lipinski definition) is 0. The van der Waals surface area contributed by atoms with Gasteiger partial charge in [0, 0.05) is 12.3 Å². The van der Waals surface area contributed by atoms with E-state index in [1.165, 1.54) is 0 Å². The number of carbonyl (C=O) groups is 1. The van der Waals surface area contributed by atoms with Crippen molar-refractivity contribution in [3.63, 3.8) is 0 Å². The highest BCUT2D eigenvalue weighted by atomic mass is 79.9. The van der Waals surface area contributed by atoms with Gasteiger partial charge in [-0.2, -0.15) is 0 Å². The van der Waals surface area contributed by atoms with Crippen molar-refractivity contribution in [1.29, 1.82) is 0 Å². The fourth-order valence-corrected chi connectivity index (χ4v) is 1.35. The lowest BCUT2D eigenvalue weighted by molar-refractivity contribution is -0.111. The zero-order chi connectivity index (χ0) is 8.97. The molecule has 0 aliphatic rings. The first-order valence-electron chi connectivity index (χ1n) is 3.95. The van der Waals surface area contributed by atoms with Crippen molar-refractivity contribution in [2.24, 2.45) is 5.92 Å². The van der Waals surface area contributed by atoms with Gasteiger partial charge < -0.3 is 9.21 Å². The van der Waals surface area contributed by atoms with E-state index in [-0.39, 0.29) is 5.92 Å². The van der Waals surface area contributed by atoms with Gasteiger partial charge in [-0.3, -0.25) is 0 Å². The molecule has 1 heterocycles. The van der Waals surface area contributed by atoms with E-state index in [0.717, 1.165) is 23.1 Å². The zero-order valence-corrected chi connectivity index (χ0v) is 8.50. The summed E-state index contributed by atoms with van der Waals surface area (Å²) < 4.78 is 6.00. The van der Waals surface area contributed by atoms with Crippen LogP contribution in [0.5, 0.6) is 0 Å². The van der Waals surface area contributed by atoms with E-state index in [2.05, 4.69) is 15.9 Å². The Kier molecular flexibility index (Phi) is 3.53. The fraction of sp³-hybridized carbons (Fsp3) is 0.444. The van der Waals surface area contributed by atoms with Crippen LogP contribution in [0.4, 0.5) is 0 Å². The minimum Gasteiger partial charge on any atom is -0.454 e. The van der Waals surface area contributed by atoms with Gasteiger partial charge in [-0.15, -0.1) is 0 Å². The maximum Gasteiger partial charge on any atom is 0.169 e. The number of furan rings is 1. The second-order valence-electron chi connectivity index (χ2n) is 2.71. The molecule has 0 spiro atoms. The van der Waals surface area contributed by atoms with Crippen molar-refractivity contribution in [2.75, 3.05) is 0 Å². The Balaban J connectivity index is 2.56. The quantitative estimate of drug-likeness (QED) is 0.746. The Morgan fingerprint density at radius 1 is 1.67 bits per heavy atom. The van der Waals surface area contributed by atoms with Crippen LogP contribution in [-0.4, -0.2) is 6.29 Å². The van der Waals surface area contributed by atoms with Gasteiger partial charge in [0.2, 0.25) is 0 Å². The highest BCUT2D eigenvalue weighted by Gasteiger charge is 2.08. The summed E-state index contributed by atoms with van der Waals surface area (Å²) in [7, 11) is 0. The van der Waals surface area contributed by atoms with Crippen LogP contribution in [0.3, 0.4) is 0 Å². The van der Waals surface area contributed by atoms with Crippen LogP contribution in [0.15, 0.2) is 21.2 Å². The lowest BCUT2D eigenvalue weighted by Crippen LogP contribution is -2.03. The summed E-state index contributed by atoms with van der Waals surface area (Å²) in [5.74, 6) is 0.948. The van der Waals surface area contributed by atoms with Crippen molar-refractivity contribution >= 4 is 22.2 Å². The molecule has 12 heavy (non-hydrogen) atoms. The summed E-state index contributed by atoms with van der Waals surface area (Å²) in [6.45, 7) is 2.00. The number of halogens is 1. The Hall–Kier alpha value is -0.570. The first-order valence-corrected chi connectivity index (χ1v) is 4.75. The summed E-state index contributed by atoms with van der Waals surface area (Å²) in [4.78, 5) is 10.5. The highest BCUT2D eigenvalue weighted by Crippen LogP contribution is 2.17. The van der Waals surface area contributed by atoms with Gasteiger partial charge in [0.25, 0.3) is 0 Å². The maximum absolute atomic E-state index is 10.5. The molecule has 1 unspecified atom stereocenters. The Labute approximate surface area is 80.1 Å². The van der Waals surface area contributed by atoms with Gasteiger partial charge in [-0.05, 0) is 34.5 Å². The lowest BCUT2D eigenvalue weighted by atomic mass is 10.0. The summed E-state index contributed by atoms with van der Waals surface area (Å²) in [6.07, 6.45) is 2.55. The Bertz CT molecular complexity index is 255. The minimum atomic E-state index is 0.0862. The van der Waals surface area contributed by atoms with Gasteiger partial charge >= 0.3 is 0 Å². The molecule has 0 amide bonds. The molecule has 2 nitrogen and oxygen atoms in total. The van der Waals surface area contributed by atoms with Gasteiger partial charge in [0.05, 0.1) is 0 Å². The standard InChI is InChI=1S/C9H11BrO2/c1-2-7(6-11)5-8-3-4-9(10)12-8/h3-4,6-7H,2,5H2,1H3. The van der Waals surface area contributed by atoms with Gasteiger partial charge in [0.1, 0.15) is 12.0 Å². The molecule has 1 aromatic rings. The molecule has 1 aromatic heterocycles. The molecule has 0 radical (unpaired) electrons. The van der Waals surface area contributed by atoms with E-state index in [9.17, 15) is 4.79 Å². The molecule has 0 saturated carbocycles. The molecular formula is C9H11BrO2. The molecule has 1 rings (SSSR count). The van der Waals surface area contributed by atoms with Gasteiger partial charge in [0.15, 0.2) is 4.67 Å². The molecule has 0 aliphatic heterocycles. The van der Waals surface area contributed by atoms with E-state index in [4.69, 9.17) is 4.42 Å². The molecule has 66 valence electrons.